The first-order chi connectivity index (χ1) is 6.36. The summed E-state index contributed by atoms with van der Waals surface area (Å²) in [6.07, 6.45) is 5.98. The number of fused-ring (bicyclic) bond motifs is 3. The van der Waals surface area contributed by atoms with Gasteiger partial charge >= 0.3 is 0 Å². The third-order valence-corrected chi connectivity index (χ3v) is 2.33. The number of aryl methyl sites for hydroxylation is 1. The van der Waals surface area contributed by atoms with Crippen LogP contribution in [0.25, 0.3) is 11.2 Å². The van der Waals surface area contributed by atoms with E-state index in [-0.39, 0.29) is 0 Å². The lowest BCUT2D eigenvalue weighted by atomic mass is 10.4. The molecular weight excluding hydrogens is 162 g/mol. The van der Waals surface area contributed by atoms with Crippen LogP contribution in [0.15, 0.2) is 36.9 Å². The van der Waals surface area contributed by atoms with Gasteiger partial charge in [0.15, 0.2) is 0 Å². The number of hydrogen-bond acceptors (Lipinski definition) is 1. The molecule has 64 valence electrons. The summed E-state index contributed by atoms with van der Waals surface area (Å²) in [7, 11) is 0. The predicted molar refractivity (Wildman–Crippen MR) is 50.9 cm³/mol. The summed E-state index contributed by atoms with van der Waals surface area (Å²) in [6.45, 7) is 2.02. The average molecular weight is 171 g/mol. The molecule has 3 heterocycles. The van der Waals surface area contributed by atoms with E-state index in [9.17, 15) is 0 Å². The van der Waals surface area contributed by atoms with Crippen LogP contribution in [0, 0.1) is 6.92 Å². The van der Waals surface area contributed by atoms with Crippen LogP contribution in [0.1, 0.15) is 5.69 Å². The molecule has 0 aliphatic rings. The van der Waals surface area contributed by atoms with Crippen molar-refractivity contribution in [1.82, 2.24) is 13.8 Å². The van der Waals surface area contributed by atoms with Gasteiger partial charge in [-0.25, -0.2) is 4.98 Å². The van der Waals surface area contributed by atoms with Crippen molar-refractivity contribution in [3.05, 3.63) is 42.6 Å². The van der Waals surface area contributed by atoms with Crippen LogP contribution < -0.4 is 0 Å². The molecule has 0 saturated carbocycles. The molecule has 0 bridgehead atoms. The van der Waals surface area contributed by atoms with Crippen LogP contribution >= 0.6 is 0 Å². The first-order valence-electron chi connectivity index (χ1n) is 4.25. The van der Waals surface area contributed by atoms with Crippen LogP contribution in [0.3, 0.4) is 0 Å². The van der Waals surface area contributed by atoms with Gasteiger partial charge in [-0.3, -0.25) is 8.80 Å². The van der Waals surface area contributed by atoms with E-state index in [4.69, 9.17) is 0 Å². The van der Waals surface area contributed by atoms with E-state index in [1.54, 1.807) is 0 Å². The number of imidazole rings is 2. The second kappa shape index (κ2) is 2.13. The molecule has 0 unspecified atom stereocenters. The van der Waals surface area contributed by atoms with Crippen LogP contribution in [-0.4, -0.2) is 13.8 Å². The molecule has 3 rings (SSSR count). The summed E-state index contributed by atoms with van der Waals surface area (Å²) in [5, 5.41) is 0. The first kappa shape index (κ1) is 6.71. The maximum absolute atomic E-state index is 4.25. The Balaban J connectivity index is 2.66. The zero-order valence-corrected chi connectivity index (χ0v) is 7.31. The average Bonchev–Trinajstić information content (AvgIpc) is 2.66. The molecule has 0 N–H and O–H groups in total. The zero-order chi connectivity index (χ0) is 8.84. The Kier molecular flexibility index (Phi) is 1.10. The monoisotopic (exact) mass is 171 g/mol. The fourth-order valence-electron chi connectivity index (χ4n) is 1.74. The second-order valence-corrected chi connectivity index (χ2v) is 3.19. The molecule has 0 aliphatic carbocycles. The highest BCUT2D eigenvalue weighted by Crippen LogP contribution is 2.13. The van der Waals surface area contributed by atoms with Gasteiger partial charge in [-0.15, -0.1) is 0 Å². The zero-order valence-electron chi connectivity index (χ0n) is 7.31. The van der Waals surface area contributed by atoms with Gasteiger partial charge in [0.25, 0.3) is 0 Å². The summed E-state index contributed by atoms with van der Waals surface area (Å²) in [5.41, 5.74) is 3.41. The highest BCUT2D eigenvalue weighted by molar-refractivity contribution is 5.59. The fourth-order valence-corrected chi connectivity index (χ4v) is 1.74. The lowest BCUT2D eigenvalue weighted by molar-refractivity contribution is 1.16. The maximum Gasteiger partial charge on any atom is 0.144 e. The van der Waals surface area contributed by atoms with Gasteiger partial charge in [0.1, 0.15) is 12.0 Å². The Labute approximate surface area is 75.3 Å². The molecule has 3 heteroatoms. The number of nitrogens with zero attached hydrogens (tertiary/aromatic N) is 3. The molecule has 3 aromatic heterocycles. The Morgan fingerprint density at radius 2 is 2.23 bits per heavy atom. The molecule has 3 aromatic rings. The van der Waals surface area contributed by atoms with Gasteiger partial charge in [-0.05, 0) is 19.1 Å². The molecule has 0 aromatic carbocycles. The van der Waals surface area contributed by atoms with Crippen molar-refractivity contribution in [3.63, 3.8) is 0 Å². The standard InChI is InChI=1S/C10H9N3/c1-8-10-12(7-11-8)6-9-4-2-3-5-13(9)10/h2-7H,1H3. The Hall–Kier alpha value is -1.77. The van der Waals surface area contributed by atoms with E-state index in [0.29, 0.717) is 0 Å². The quantitative estimate of drug-likeness (QED) is 0.506. The Morgan fingerprint density at radius 1 is 1.31 bits per heavy atom. The van der Waals surface area contributed by atoms with E-state index in [1.807, 2.05) is 29.8 Å². The van der Waals surface area contributed by atoms with Gasteiger partial charge in [-0.1, -0.05) is 6.07 Å². The first-order valence-corrected chi connectivity index (χ1v) is 4.25. The van der Waals surface area contributed by atoms with E-state index in [2.05, 4.69) is 27.8 Å². The van der Waals surface area contributed by atoms with Crippen LogP contribution in [-0.2, 0) is 0 Å². The molecule has 0 saturated heterocycles. The van der Waals surface area contributed by atoms with Crippen molar-refractivity contribution in [2.45, 2.75) is 6.92 Å². The summed E-state index contributed by atoms with van der Waals surface area (Å²) in [6, 6.07) is 6.16. The topological polar surface area (TPSA) is 21.7 Å². The van der Waals surface area contributed by atoms with Crippen molar-refractivity contribution in [1.29, 1.82) is 0 Å². The Morgan fingerprint density at radius 3 is 3.15 bits per heavy atom. The van der Waals surface area contributed by atoms with Crippen LogP contribution in [0.4, 0.5) is 0 Å². The summed E-state index contributed by atoms with van der Waals surface area (Å²) >= 11 is 0. The predicted octanol–water partition coefficient (Wildman–Crippen LogP) is 1.90. The Bertz CT molecular complexity index is 574. The van der Waals surface area contributed by atoms with Crippen molar-refractivity contribution < 1.29 is 0 Å². The molecule has 0 atom stereocenters. The number of pyridine rings is 1. The van der Waals surface area contributed by atoms with Crippen LogP contribution in [0.5, 0.6) is 0 Å². The normalized spacial score (nSPS) is 11.5. The summed E-state index contributed by atoms with van der Waals surface area (Å²) in [5.74, 6) is 0. The molecule has 3 nitrogen and oxygen atoms in total. The van der Waals surface area contributed by atoms with Gasteiger partial charge in [-0.2, -0.15) is 0 Å². The van der Waals surface area contributed by atoms with Gasteiger partial charge in [0.2, 0.25) is 0 Å². The van der Waals surface area contributed by atoms with Gasteiger partial charge in [0.05, 0.1) is 11.2 Å². The fraction of sp³-hybridized carbons (Fsp3) is 0.100. The molecule has 0 amide bonds. The van der Waals surface area contributed by atoms with Crippen molar-refractivity contribution in [3.8, 4) is 0 Å². The number of aromatic nitrogens is 3. The van der Waals surface area contributed by atoms with E-state index >= 15 is 0 Å². The lowest BCUT2D eigenvalue weighted by Crippen LogP contribution is -1.83. The third kappa shape index (κ3) is 0.758. The molecule has 0 radical (unpaired) electrons. The second-order valence-electron chi connectivity index (χ2n) is 3.19. The number of hydrogen-bond donors (Lipinski definition) is 0. The molecular formula is C10H9N3. The molecule has 13 heavy (non-hydrogen) atoms. The largest absolute Gasteiger partial charge is 0.300 e. The summed E-state index contributed by atoms with van der Waals surface area (Å²) in [4.78, 5) is 4.25. The minimum Gasteiger partial charge on any atom is -0.300 e. The minimum absolute atomic E-state index is 1.06. The highest BCUT2D eigenvalue weighted by atomic mass is 15.1. The van der Waals surface area contributed by atoms with E-state index < -0.39 is 0 Å². The van der Waals surface area contributed by atoms with E-state index in [0.717, 1.165) is 11.3 Å². The van der Waals surface area contributed by atoms with Crippen molar-refractivity contribution in [2.75, 3.05) is 0 Å². The van der Waals surface area contributed by atoms with E-state index in [1.165, 1.54) is 5.52 Å². The minimum atomic E-state index is 1.06. The molecule has 0 fully saturated rings. The summed E-state index contributed by atoms with van der Waals surface area (Å²) < 4.78 is 4.19. The number of rotatable bonds is 0. The highest BCUT2D eigenvalue weighted by Gasteiger charge is 2.04. The molecule has 0 aliphatic heterocycles. The lowest BCUT2D eigenvalue weighted by Gasteiger charge is -1.92. The SMILES string of the molecule is Cc1ncn2cc3ccccn3c12. The van der Waals surface area contributed by atoms with Gasteiger partial charge in [0, 0.05) is 12.4 Å². The smallest absolute Gasteiger partial charge is 0.144 e. The molecule has 0 spiro atoms. The van der Waals surface area contributed by atoms with Crippen molar-refractivity contribution in [2.24, 2.45) is 0 Å². The van der Waals surface area contributed by atoms with Gasteiger partial charge < -0.3 is 0 Å². The van der Waals surface area contributed by atoms with Crippen molar-refractivity contribution >= 4 is 11.2 Å². The third-order valence-electron chi connectivity index (χ3n) is 2.33. The maximum atomic E-state index is 4.25. The van der Waals surface area contributed by atoms with Crippen LogP contribution in [0.2, 0.25) is 0 Å².